The van der Waals surface area contributed by atoms with Crippen LogP contribution in [0.25, 0.3) is 0 Å². The molecule has 0 amide bonds. The minimum absolute atomic E-state index is 0.505. The van der Waals surface area contributed by atoms with E-state index in [9.17, 15) is 0 Å². The molecule has 3 aliphatic carbocycles. The van der Waals surface area contributed by atoms with Gasteiger partial charge in [0.25, 0.3) is 0 Å². The lowest BCUT2D eigenvalue weighted by atomic mass is 9.60. The Morgan fingerprint density at radius 3 is 2.88 bits per heavy atom. The van der Waals surface area contributed by atoms with Gasteiger partial charge in [0.1, 0.15) is 0 Å². The molecule has 92 valence electrons. The fourth-order valence-electron chi connectivity index (χ4n) is 5.12. The fourth-order valence-corrected chi connectivity index (χ4v) is 5.12. The summed E-state index contributed by atoms with van der Waals surface area (Å²) < 4.78 is 5.36. The van der Waals surface area contributed by atoms with E-state index in [2.05, 4.69) is 0 Å². The Balaban J connectivity index is 1.77. The number of rotatable bonds is 2. The third kappa shape index (κ3) is 1.46. The smallest absolute Gasteiger partial charge is 0.0490 e. The van der Waals surface area contributed by atoms with E-state index >= 15 is 0 Å². The van der Waals surface area contributed by atoms with Gasteiger partial charge in [0.2, 0.25) is 0 Å². The van der Waals surface area contributed by atoms with E-state index in [0.717, 1.165) is 24.4 Å². The second-order valence-corrected chi connectivity index (χ2v) is 6.45. The maximum atomic E-state index is 6.55. The van der Waals surface area contributed by atoms with Gasteiger partial charge in [-0.05, 0) is 61.7 Å². The Bertz CT molecular complexity index is 261. The molecule has 5 atom stereocenters. The van der Waals surface area contributed by atoms with Crippen molar-refractivity contribution in [3.8, 4) is 0 Å². The molecule has 0 unspecified atom stereocenters. The topological polar surface area (TPSA) is 35.2 Å². The van der Waals surface area contributed by atoms with Crippen LogP contribution in [0.5, 0.6) is 0 Å². The lowest BCUT2D eigenvalue weighted by Crippen LogP contribution is -2.49. The average molecular weight is 223 g/mol. The van der Waals surface area contributed by atoms with E-state index < -0.39 is 0 Å². The summed E-state index contributed by atoms with van der Waals surface area (Å²) in [4.78, 5) is 0. The molecule has 16 heavy (non-hydrogen) atoms. The summed E-state index contributed by atoms with van der Waals surface area (Å²) >= 11 is 0. The third-order valence-corrected chi connectivity index (χ3v) is 5.78. The summed E-state index contributed by atoms with van der Waals surface area (Å²) in [6.45, 7) is 0.950. The maximum absolute atomic E-state index is 6.55. The zero-order chi connectivity index (χ0) is 11.2. The quantitative estimate of drug-likeness (QED) is 0.781. The van der Waals surface area contributed by atoms with Crippen molar-refractivity contribution in [1.29, 1.82) is 0 Å². The second kappa shape index (κ2) is 3.99. The summed E-state index contributed by atoms with van der Waals surface area (Å²) in [5.41, 5.74) is 7.07. The average Bonchev–Trinajstić information content (AvgIpc) is 2.84. The summed E-state index contributed by atoms with van der Waals surface area (Å²) in [5, 5.41) is 0. The summed E-state index contributed by atoms with van der Waals surface area (Å²) in [6, 6.07) is 0.505. The molecule has 2 heteroatoms. The lowest BCUT2D eigenvalue weighted by Gasteiger charge is -2.47. The van der Waals surface area contributed by atoms with Crippen molar-refractivity contribution in [3.05, 3.63) is 0 Å². The first-order valence-corrected chi connectivity index (χ1v) is 7.01. The summed E-state index contributed by atoms with van der Waals surface area (Å²) in [5.74, 6) is 2.59. The van der Waals surface area contributed by atoms with E-state index in [0.29, 0.717) is 11.5 Å². The van der Waals surface area contributed by atoms with Crippen LogP contribution in [-0.2, 0) is 4.74 Å². The van der Waals surface area contributed by atoms with Crippen molar-refractivity contribution < 1.29 is 4.74 Å². The van der Waals surface area contributed by atoms with Crippen LogP contribution in [0.2, 0.25) is 0 Å². The highest BCUT2D eigenvalue weighted by atomic mass is 16.5. The van der Waals surface area contributed by atoms with Crippen LogP contribution < -0.4 is 5.73 Å². The molecule has 0 aromatic heterocycles. The Kier molecular flexibility index (Phi) is 2.75. The lowest BCUT2D eigenvalue weighted by molar-refractivity contribution is 0.0196. The van der Waals surface area contributed by atoms with Crippen LogP contribution in [0.3, 0.4) is 0 Å². The summed E-state index contributed by atoms with van der Waals surface area (Å²) in [6.07, 6.45) is 9.78. The molecule has 3 fully saturated rings. The molecule has 3 saturated carbocycles. The van der Waals surface area contributed by atoms with Crippen LogP contribution in [-0.4, -0.2) is 19.8 Å². The van der Waals surface area contributed by atoms with Crippen LogP contribution in [0.15, 0.2) is 0 Å². The van der Waals surface area contributed by atoms with Crippen LogP contribution >= 0.6 is 0 Å². The summed E-state index contributed by atoms with van der Waals surface area (Å²) in [7, 11) is 1.84. The molecule has 2 N–H and O–H groups in total. The van der Waals surface area contributed by atoms with Crippen molar-refractivity contribution in [1.82, 2.24) is 0 Å². The molecule has 0 heterocycles. The van der Waals surface area contributed by atoms with Gasteiger partial charge in [0.15, 0.2) is 0 Å². The molecule has 0 radical (unpaired) electrons. The van der Waals surface area contributed by atoms with Gasteiger partial charge >= 0.3 is 0 Å². The monoisotopic (exact) mass is 223 g/mol. The normalized spacial score (nSPS) is 51.4. The molecule has 0 saturated heterocycles. The second-order valence-electron chi connectivity index (χ2n) is 6.45. The van der Waals surface area contributed by atoms with Crippen molar-refractivity contribution in [2.24, 2.45) is 28.9 Å². The maximum Gasteiger partial charge on any atom is 0.0490 e. The van der Waals surface area contributed by atoms with Gasteiger partial charge in [0, 0.05) is 19.8 Å². The molecule has 3 rings (SSSR count). The molecule has 1 spiro atoms. The van der Waals surface area contributed by atoms with E-state index in [1.165, 1.54) is 44.9 Å². The molecule has 3 aliphatic rings. The Morgan fingerprint density at radius 1 is 1.31 bits per heavy atom. The third-order valence-electron chi connectivity index (χ3n) is 5.78. The molecule has 2 bridgehead atoms. The van der Waals surface area contributed by atoms with E-state index in [1.807, 2.05) is 7.11 Å². The minimum Gasteiger partial charge on any atom is -0.384 e. The number of hydrogen-bond acceptors (Lipinski definition) is 2. The van der Waals surface area contributed by atoms with E-state index in [-0.39, 0.29) is 0 Å². The molecule has 2 nitrogen and oxygen atoms in total. The van der Waals surface area contributed by atoms with Crippen LogP contribution in [0.1, 0.15) is 44.9 Å². The van der Waals surface area contributed by atoms with Gasteiger partial charge in [0.05, 0.1) is 0 Å². The SMILES string of the molecule is COC[C@@H]1CCC[C@]2(C1)[C@@H]1CC[C@@H](C1)[C@H]2N. The number of hydrogen-bond donors (Lipinski definition) is 1. The minimum atomic E-state index is 0.505. The molecular weight excluding hydrogens is 198 g/mol. The molecule has 0 aromatic carbocycles. The van der Waals surface area contributed by atoms with Gasteiger partial charge in [-0.1, -0.05) is 6.42 Å². The van der Waals surface area contributed by atoms with Gasteiger partial charge in [-0.25, -0.2) is 0 Å². The van der Waals surface area contributed by atoms with Gasteiger partial charge in [-0.2, -0.15) is 0 Å². The Hall–Kier alpha value is -0.0800. The van der Waals surface area contributed by atoms with Gasteiger partial charge < -0.3 is 10.5 Å². The van der Waals surface area contributed by atoms with Crippen molar-refractivity contribution in [2.75, 3.05) is 13.7 Å². The predicted octanol–water partition coefficient (Wildman–Crippen LogP) is 2.57. The fraction of sp³-hybridized carbons (Fsp3) is 1.00. The zero-order valence-corrected chi connectivity index (χ0v) is 10.5. The number of methoxy groups -OCH3 is 1. The Morgan fingerprint density at radius 2 is 2.19 bits per heavy atom. The van der Waals surface area contributed by atoms with Crippen molar-refractivity contribution >= 4 is 0 Å². The first-order valence-electron chi connectivity index (χ1n) is 7.01. The van der Waals surface area contributed by atoms with E-state index in [4.69, 9.17) is 10.5 Å². The van der Waals surface area contributed by atoms with Gasteiger partial charge in [-0.15, -0.1) is 0 Å². The number of nitrogens with two attached hydrogens (primary N) is 1. The molecule has 0 aromatic rings. The largest absolute Gasteiger partial charge is 0.384 e. The number of ether oxygens (including phenoxy) is 1. The van der Waals surface area contributed by atoms with Crippen molar-refractivity contribution in [2.45, 2.75) is 51.0 Å². The van der Waals surface area contributed by atoms with Crippen LogP contribution in [0.4, 0.5) is 0 Å². The Labute approximate surface area is 98.9 Å². The number of fused-ring (bicyclic) bond motifs is 3. The highest BCUT2D eigenvalue weighted by Gasteiger charge is 2.57. The van der Waals surface area contributed by atoms with Crippen molar-refractivity contribution in [3.63, 3.8) is 0 Å². The molecule has 0 aliphatic heterocycles. The highest BCUT2D eigenvalue weighted by Crippen LogP contribution is 2.61. The first kappa shape index (κ1) is 11.0. The van der Waals surface area contributed by atoms with Crippen LogP contribution in [0, 0.1) is 23.2 Å². The standard InChI is InChI=1S/C14H25NO/c1-16-9-10-3-2-6-14(8-10)12-5-4-11(7-12)13(14)15/h10-13H,2-9,15H2,1H3/t10-,11+,12-,13-,14+/m1/s1. The first-order chi connectivity index (χ1) is 7.76. The highest BCUT2D eigenvalue weighted by molar-refractivity contribution is 5.10. The van der Waals surface area contributed by atoms with E-state index in [1.54, 1.807) is 0 Å². The zero-order valence-electron chi connectivity index (χ0n) is 10.5. The molecular formula is C14H25NO. The predicted molar refractivity (Wildman–Crippen MR) is 65.1 cm³/mol. The van der Waals surface area contributed by atoms with Gasteiger partial charge in [-0.3, -0.25) is 0 Å².